The largest absolute Gasteiger partial charge is 0.312 e. The minimum atomic E-state index is -0.308. The van der Waals surface area contributed by atoms with E-state index in [4.69, 9.17) is 0 Å². The monoisotopic (exact) mass is 290 g/mol. The average Bonchev–Trinajstić information content (AvgIpc) is 2.93. The quantitative estimate of drug-likeness (QED) is 0.651. The van der Waals surface area contributed by atoms with Gasteiger partial charge in [0, 0.05) is 22.5 Å². The van der Waals surface area contributed by atoms with Gasteiger partial charge >= 0.3 is 0 Å². The molecule has 4 nitrogen and oxygen atoms in total. The fourth-order valence-corrected chi connectivity index (χ4v) is 3.46. The summed E-state index contributed by atoms with van der Waals surface area (Å²) in [5, 5.41) is 16.5. The van der Waals surface area contributed by atoms with Crippen molar-refractivity contribution in [1.29, 1.82) is 0 Å². The first-order valence-electron chi connectivity index (χ1n) is 6.63. The van der Waals surface area contributed by atoms with Crippen molar-refractivity contribution in [2.45, 2.75) is 25.8 Å². The summed E-state index contributed by atoms with van der Waals surface area (Å²) in [4.78, 5) is 12.1. The molecule has 1 atom stereocenters. The van der Waals surface area contributed by atoms with Crippen LogP contribution in [-0.2, 0) is 12.8 Å². The topological polar surface area (TPSA) is 55.2 Å². The minimum Gasteiger partial charge on any atom is -0.312 e. The van der Waals surface area contributed by atoms with Crippen LogP contribution in [0.4, 0.5) is 5.69 Å². The summed E-state index contributed by atoms with van der Waals surface area (Å²) >= 11 is 1.71. The Labute approximate surface area is 122 Å². The number of likely N-dealkylation sites (N-methyl/N-ethyl adjacent to an activating group) is 1. The lowest BCUT2D eigenvalue weighted by Crippen LogP contribution is -2.19. The second-order valence-electron chi connectivity index (χ2n) is 4.59. The Morgan fingerprint density at radius 1 is 1.30 bits per heavy atom. The van der Waals surface area contributed by atoms with Crippen molar-refractivity contribution in [3.8, 4) is 0 Å². The Morgan fingerprint density at radius 3 is 2.70 bits per heavy atom. The van der Waals surface area contributed by atoms with Crippen molar-refractivity contribution in [1.82, 2.24) is 5.32 Å². The first-order chi connectivity index (χ1) is 9.67. The molecule has 1 N–H and O–H groups in total. The van der Waals surface area contributed by atoms with E-state index >= 15 is 0 Å². The molecule has 1 unspecified atom stereocenters. The predicted octanol–water partition coefficient (Wildman–Crippen LogP) is 3.72. The number of thiophene rings is 1. The lowest BCUT2D eigenvalue weighted by Gasteiger charge is -2.16. The highest BCUT2D eigenvalue weighted by molar-refractivity contribution is 7.10. The predicted molar refractivity (Wildman–Crippen MR) is 82.3 cm³/mol. The third-order valence-electron chi connectivity index (χ3n) is 3.44. The zero-order valence-electron chi connectivity index (χ0n) is 11.6. The van der Waals surface area contributed by atoms with E-state index in [0.717, 1.165) is 12.0 Å². The van der Waals surface area contributed by atoms with Crippen LogP contribution < -0.4 is 5.32 Å². The molecule has 0 saturated carbocycles. The van der Waals surface area contributed by atoms with Gasteiger partial charge in [-0.15, -0.1) is 11.3 Å². The second-order valence-corrected chi connectivity index (χ2v) is 5.54. The van der Waals surface area contributed by atoms with Gasteiger partial charge in [-0.3, -0.25) is 10.1 Å². The van der Waals surface area contributed by atoms with E-state index < -0.39 is 0 Å². The van der Waals surface area contributed by atoms with E-state index in [2.05, 4.69) is 23.7 Å². The molecule has 0 bridgehead atoms. The zero-order valence-corrected chi connectivity index (χ0v) is 12.4. The molecule has 0 fully saturated rings. The Hall–Kier alpha value is -1.72. The Bertz CT molecular complexity index is 595. The van der Waals surface area contributed by atoms with Crippen LogP contribution >= 0.6 is 11.3 Å². The van der Waals surface area contributed by atoms with Crippen LogP contribution in [0.2, 0.25) is 0 Å². The highest BCUT2D eigenvalue weighted by atomic mass is 32.1. The van der Waals surface area contributed by atoms with Crippen LogP contribution in [0.5, 0.6) is 0 Å². The molecular weight excluding hydrogens is 272 g/mol. The number of hydrogen-bond acceptors (Lipinski definition) is 4. The van der Waals surface area contributed by atoms with Crippen LogP contribution in [0.15, 0.2) is 35.7 Å². The molecule has 5 heteroatoms. The maximum absolute atomic E-state index is 11.1. The summed E-state index contributed by atoms with van der Waals surface area (Å²) in [7, 11) is 1.90. The lowest BCUT2D eigenvalue weighted by atomic mass is 10.0. The summed E-state index contributed by atoms with van der Waals surface area (Å²) in [5.41, 5.74) is 2.28. The molecular formula is C15H18N2O2S. The molecule has 0 amide bonds. The molecule has 2 aromatic rings. The smallest absolute Gasteiger partial charge is 0.272 e. The molecule has 1 aromatic carbocycles. The van der Waals surface area contributed by atoms with Gasteiger partial charge in [-0.2, -0.15) is 0 Å². The number of nitrogens with one attached hydrogen (secondary N) is 1. The van der Waals surface area contributed by atoms with E-state index in [0.29, 0.717) is 6.42 Å². The average molecular weight is 290 g/mol. The third-order valence-corrected chi connectivity index (χ3v) is 4.51. The number of nitro groups is 1. The van der Waals surface area contributed by atoms with Gasteiger partial charge in [0.05, 0.1) is 4.92 Å². The highest BCUT2D eigenvalue weighted by Crippen LogP contribution is 2.30. The SMILES string of the molecule is CCc1ccsc1C(Cc1ccccc1[N+](=O)[O-])NC. The molecule has 106 valence electrons. The molecule has 0 radical (unpaired) electrons. The normalized spacial score (nSPS) is 12.3. The van der Waals surface area contributed by atoms with Gasteiger partial charge in [0.1, 0.15) is 0 Å². The van der Waals surface area contributed by atoms with Crippen LogP contribution in [0.1, 0.15) is 29.0 Å². The second kappa shape index (κ2) is 6.63. The molecule has 0 saturated heterocycles. The standard InChI is InChI=1S/C15H18N2O2S/c1-3-11-8-9-20-15(11)13(16-2)10-12-6-4-5-7-14(12)17(18)19/h4-9,13,16H,3,10H2,1-2H3. The van der Waals surface area contributed by atoms with Crippen LogP contribution in [0.25, 0.3) is 0 Å². The van der Waals surface area contributed by atoms with Crippen molar-refractivity contribution < 1.29 is 4.92 Å². The van der Waals surface area contributed by atoms with Crippen LogP contribution in [0.3, 0.4) is 0 Å². The van der Waals surface area contributed by atoms with Crippen molar-refractivity contribution in [3.05, 3.63) is 61.8 Å². The van der Waals surface area contributed by atoms with Crippen molar-refractivity contribution in [3.63, 3.8) is 0 Å². The van der Waals surface area contributed by atoms with E-state index in [1.807, 2.05) is 19.2 Å². The molecule has 0 aliphatic heterocycles. The highest BCUT2D eigenvalue weighted by Gasteiger charge is 2.20. The van der Waals surface area contributed by atoms with Gasteiger partial charge < -0.3 is 5.32 Å². The summed E-state index contributed by atoms with van der Waals surface area (Å²) in [6, 6.07) is 9.21. The number of nitrogens with zero attached hydrogens (tertiary/aromatic N) is 1. The van der Waals surface area contributed by atoms with Crippen molar-refractivity contribution >= 4 is 17.0 Å². The number of hydrogen-bond donors (Lipinski definition) is 1. The molecule has 0 aliphatic carbocycles. The summed E-state index contributed by atoms with van der Waals surface area (Å²) < 4.78 is 0. The van der Waals surface area contributed by atoms with Crippen LogP contribution in [-0.4, -0.2) is 12.0 Å². The van der Waals surface area contributed by atoms with Gasteiger partial charge in [-0.25, -0.2) is 0 Å². The summed E-state index contributed by atoms with van der Waals surface area (Å²) in [6.07, 6.45) is 1.61. The maximum atomic E-state index is 11.1. The van der Waals surface area contributed by atoms with E-state index in [-0.39, 0.29) is 16.7 Å². The summed E-state index contributed by atoms with van der Waals surface area (Å²) in [6.45, 7) is 2.13. The number of para-hydroxylation sites is 1. The van der Waals surface area contributed by atoms with Gasteiger partial charge in [0.15, 0.2) is 0 Å². The fourth-order valence-electron chi connectivity index (χ4n) is 2.35. The van der Waals surface area contributed by atoms with Crippen molar-refractivity contribution in [2.75, 3.05) is 7.05 Å². The number of aryl methyl sites for hydroxylation is 1. The first-order valence-corrected chi connectivity index (χ1v) is 7.51. The van der Waals surface area contributed by atoms with Gasteiger partial charge in [-0.1, -0.05) is 25.1 Å². The van der Waals surface area contributed by atoms with Gasteiger partial charge in [0.25, 0.3) is 5.69 Å². The van der Waals surface area contributed by atoms with Gasteiger partial charge in [-0.05, 0) is 36.9 Å². The molecule has 20 heavy (non-hydrogen) atoms. The van der Waals surface area contributed by atoms with Crippen LogP contribution in [0, 0.1) is 10.1 Å². The zero-order chi connectivity index (χ0) is 14.5. The van der Waals surface area contributed by atoms with Gasteiger partial charge in [0.2, 0.25) is 0 Å². The van der Waals surface area contributed by atoms with Crippen molar-refractivity contribution in [2.24, 2.45) is 0 Å². The Kier molecular flexibility index (Phi) is 4.87. The first kappa shape index (κ1) is 14.7. The molecule has 0 spiro atoms. The molecule has 1 aromatic heterocycles. The minimum absolute atomic E-state index is 0.117. The van der Waals surface area contributed by atoms with E-state index in [9.17, 15) is 10.1 Å². The molecule has 2 rings (SSSR count). The van der Waals surface area contributed by atoms with E-state index in [1.54, 1.807) is 23.5 Å². The number of benzene rings is 1. The molecule has 1 heterocycles. The fraction of sp³-hybridized carbons (Fsp3) is 0.333. The maximum Gasteiger partial charge on any atom is 0.272 e. The Morgan fingerprint density at radius 2 is 2.05 bits per heavy atom. The summed E-state index contributed by atoms with van der Waals surface area (Å²) in [5.74, 6) is 0. The molecule has 0 aliphatic rings. The lowest BCUT2D eigenvalue weighted by molar-refractivity contribution is -0.385. The Balaban J connectivity index is 2.29. The van der Waals surface area contributed by atoms with E-state index in [1.165, 1.54) is 10.4 Å². The third kappa shape index (κ3) is 3.05. The number of nitro benzene ring substituents is 1. The number of rotatable bonds is 6.